The highest BCUT2D eigenvalue weighted by Gasteiger charge is 2.47. The molecule has 1 atom stereocenters. The van der Waals surface area contributed by atoms with Crippen LogP contribution < -0.4 is 19.1 Å². The van der Waals surface area contributed by atoms with Crippen molar-refractivity contribution in [1.82, 2.24) is 0 Å². The van der Waals surface area contributed by atoms with Crippen molar-refractivity contribution in [3.8, 4) is 34.4 Å². The van der Waals surface area contributed by atoms with Gasteiger partial charge in [-0.25, -0.2) is 0 Å². The first-order valence-electron chi connectivity index (χ1n) is 17.5. The predicted octanol–water partition coefficient (Wildman–Crippen LogP) is 9.23. The molecule has 49 heavy (non-hydrogen) atoms. The summed E-state index contributed by atoms with van der Waals surface area (Å²) in [6.07, 6.45) is 14.9. The van der Waals surface area contributed by atoms with Gasteiger partial charge in [-0.15, -0.1) is 0 Å². The lowest BCUT2D eigenvalue weighted by molar-refractivity contribution is 0.122. The normalized spacial score (nSPS) is 20.1. The van der Waals surface area contributed by atoms with Crippen LogP contribution in [0.2, 0.25) is 0 Å². The monoisotopic (exact) mass is 650 g/mol. The van der Waals surface area contributed by atoms with Gasteiger partial charge in [-0.05, 0) is 101 Å². The first kappa shape index (κ1) is 31.3. The lowest BCUT2D eigenvalue weighted by Crippen LogP contribution is -2.37. The van der Waals surface area contributed by atoms with E-state index >= 15 is 0 Å². The summed E-state index contributed by atoms with van der Waals surface area (Å²) in [5.41, 5.74) is 9.05. The van der Waals surface area contributed by atoms with Gasteiger partial charge in [0.05, 0.1) is 39.1 Å². The van der Waals surface area contributed by atoms with Gasteiger partial charge < -0.3 is 23.8 Å². The van der Waals surface area contributed by atoms with Crippen LogP contribution in [0, 0.1) is 11.3 Å². The Bertz CT molecular complexity index is 2090. The van der Waals surface area contributed by atoms with Crippen molar-refractivity contribution in [3.05, 3.63) is 112 Å². The van der Waals surface area contributed by atoms with Crippen molar-refractivity contribution in [1.29, 1.82) is 5.26 Å². The maximum Gasteiger partial charge on any atom is 0.174 e. The van der Waals surface area contributed by atoms with Gasteiger partial charge >= 0.3 is 0 Å². The van der Waals surface area contributed by atoms with E-state index in [1.807, 2.05) is 6.07 Å². The van der Waals surface area contributed by atoms with Crippen LogP contribution in [0.3, 0.4) is 0 Å². The second kappa shape index (κ2) is 12.2. The number of fused-ring (bicyclic) bond motifs is 8. The molecular weight excluding hydrogens is 608 g/mol. The molecule has 1 fully saturated rings. The minimum atomic E-state index is -0.795. The molecule has 8 rings (SSSR count). The standard InChI is InChI=1S/C43H42N2O4/c1-5-42(6-2)36-24-28(27-44)12-17-32(36)39-34-25-37(46-3)38(47-4)26-35(34)41-33(40(39)42)18-19-43(49-41,29-10-8-7-9-11-29)30-13-15-31(16-14-30)45-20-22-48-23-21-45/h7-8,10,12-19,24-26H,5-6,9,11,20-23H2,1-4H3. The summed E-state index contributed by atoms with van der Waals surface area (Å²) < 4.78 is 25.0. The molecular formula is C43H42N2O4. The van der Waals surface area contributed by atoms with E-state index in [0.29, 0.717) is 17.1 Å². The SMILES string of the molecule is CCC1(CC)c2cc(C#N)ccc2-c2c1c1c(c3cc(OC)c(OC)cc23)OC(C2=CC=CCC2)(c2ccc(N3CCOCC3)cc2)C=C1. The van der Waals surface area contributed by atoms with Crippen molar-refractivity contribution in [2.75, 3.05) is 45.4 Å². The summed E-state index contributed by atoms with van der Waals surface area (Å²) in [6.45, 7) is 7.80. The average molecular weight is 651 g/mol. The molecule has 1 saturated heterocycles. The topological polar surface area (TPSA) is 64.0 Å². The summed E-state index contributed by atoms with van der Waals surface area (Å²) in [5, 5.41) is 12.0. The molecule has 4 aliphatic rings. The van der Waals surface area contributed by atoms with E-state index < -0.39 is 5.60 Å². The molecule has 0 N–H and O–H groups in total. The number of nitrogens with zero attached hydrogens (tertiary/aromatic N) is 2. The molecule has 0 aromatic heterocycles. The van der Waals surface area contributed by atoms with Crippen LogP contribution in [-0.2, 0) is 15.8 Å². The van der Waals surface area contributed by atoms with Crippen molar-refractivity contribution in [2.24, 2.45) is 0 Å². The van der Waals surface area contributed by atoms with E-state index in [0.717, 1.165) is 79.6 Å². The van der Waals surface area contributed by atoms with Crippen molar-refractivity contribution >= 4 is 22.5 Å². The van der Waals surface area contributed by atoms with Gasteiger partial charge in [0.15, 0.2) is 17.1 Å². The highest BCUT2D eigenvalue weighted by Crippen LogP contribution is 2.61. The van der Waals surface area contributed by atoms with Crippen molar-refractivity contribution in [3.63, 3.8) is 0 Å². The average Bonchev–Trinajstić information content (AvgIpc) is 3.47. The molecule has 2 aliphatic carbocycles. The molecule has 4 aromatic carbocycles. The van der Waals surface area contributed by atoms with Crippen LogP contribution >= 0.6 is 0 Å². The highest BCUT2D eigenvalue weighted by atomic mass is 16.5. The van der Waals surface area contributed by atoms with Gasteiger partial charge in [-0.3, -0.25) is 0 Å². The fraction of sp³-hybridized carbons (Fsp3) is 0.326. The van der Waals surface area contributed by atoms with Crippen LogP contribution in [0.5, 0.6) is 17.2 Å². The molecule has 0 saturated carbocycles. The zero-order chi connectivity index (χ0) is 33.8. The molecule has 4 aromatic rings. The first-order valence-corrected chi connectivity index (χ1v) is 17.5. The van der Waals surface area contributed by atoms with Crippen LogP contribution in [0.1, 0.15) is 67.3 Å². The fourth-order valence-electron chi connectivity index (χ4n) is 8.76. The Morgan fingerprint density at radius 3 is 2.31 bits per heavy atom. The number of morpholine rings is 1. The largest absolute Gasteiger partial charge is 0.493 e. The number of hydrogen-bond donors (Lipinski definition) is 0. The molecule has 0 amide bonds. The number of allylic oxidation sites excluding steroid dienone is 3. The number of benzene rings is 4. The molecule has 248 valence electrons. The molecule has 0 spiro atoms. The number of hydrogen-bond acceptors (Lipinski definition) is 6. The zero-order valence-electron chi connectivity index (χ0n) is 28.8. The number of methoxy groups -OCH3 is 2. The molecule has 2 aliphatic heterocycles. The van der Waals surface area contributed by atoms with E-state index in [4.69, 9.17) is 18.9 Å². The summed E-state index contributed by atoms with van der Waals surface area (Å²) >= 11 is 0. The number of rotatable bonds is 7. The lowest BCUT2D eigenvalue weighted by atomic mass is 9.70. The van der Waals surface area contributed by atoms with Gasteiger partial charge in [0.1, 0.15) is 5.75 Å². The van der Waals surface area contributed by atoms with Gasteiger partial charge in [-0.2, -0.15) is 5.26 Å². The fourth-order valence-corrected chi connectivity index (χ4v) is 8.76. The third-order valence-electron chi connectivity index (χ3n) is 11.3. The second-order valence-corrected chi connectivity index (χ2v) is 13.4. The van der Waals surface area contributed by atoms with Crippen LogP contribution in [-0.4, -0.2) is 40.5 Å². The Morgan fingerprint density at radius 2 is 1.65 bits per heavy atom. The molecule has 0 bridgehead atoms. The van der Waals surface area contributed by atoms with Crippen LogP contribution in [0.25, 0.3) is 28.0 Å². The Labute approximate surface area is 288 Å². The maximum atomic E-state index is 9.94. The van der Waals surface area contributed by atoms with E-state index in [1.165, 1.54) is 33.5 Å². The van der Waals surface area contributed by atoms with E-state index in [-0.39, 0.29) is 5.41 Å². The van der Waals surface area contributed by atoms with E-state index in [9.17, 15) is 5.26 Å². The number of anilines is 1. The minimum Gasteiger partial charge on any atom is -0.493 e. The Morgan fingerprint density at radius 1 is 0.918 bits per heavy atom. The number of nitriles is 1. The van der Waals surface area contributed by atoms with Crippen molar-refractivity contribution < 1.29 is 18.9 Å². The smallest absolute Gasteiger partial charge is 0.174 e. The van der Waals surface area contributed by atoms with Crippen molar-refractivity contribution in [2.45, 2.75) is 50.5 Å². The third-order valence-corrected chi connectivity index (χ3v) is 11.3. The highest BCUT2D eigenvalue weighted by molar-refractivity contribution is 6.09. The maximum absolute atomic E-state index is 9.94. The Hall–Kier alpha value is -4.99. The predicted molar refractivity (Wildman–Crippen MR) is 196 cm³/mol. The summed E-state index contributed by atoms with van der Waals surface area (Å²) in [5.74, 6) is 2.18. The minimum absolute atomic E-state index is 0.288. The summed E-state index contributed by atoms with van der Waals surface area (Å²) in [7, 11) is 3.37. The molecule has 6 heteroatoms. The quantitative estimate of drug-likeness (QED) is 0.199. The summed E-state index contributed by atoms with van der Waals surface area (Å²) in [4.78, 5) is 2.39. The summed E-state index contributed by atoms with van der Waals surface area (Å²) in [6, 6.07) is 21.7. The molecule has 6 nitrogen and oxygen atoms in total. The molecule has 1 unspecified atom stereocenters. The van der Waals surface area contributed by atoms with E-state index in [2.05, 4.69) is 104 Å². The molecule has 0 radical (unpaired) electrons. The third kappa shape index (κ3) is 4.63. The molecule has 2 heterocycles. The van der Waals surface area contributed by atoms with Crippen LogP contribution in [0.15, 0.2) is 84.5 Å². The van der Waals surface area contributed by atoms with Gasteiger partial charge in [0.2, 0.25) is 0 Å². The van der Waals surface area contributed by atoms with Gasteiger partial charge in [-0.1, -0.05) is 56.4 Å². The van der Waals surface area contributed by atoms with Gasteiger partial charge in [0.25, 0.3) is 0 Å². The Balaban J connectivity index is 1.41. The Kier molecular flexibility index (Phi) is 7.76. The first-order chi connectivity index (χ1) is 24.0. The lowest BCUT2D eigenvalue weighted by Gasteiger charge is -2.41. The van der Waals surface area contributed by atoms with E-state index in [1.54, 1.807) is 14.2 Å². The zero-order valence-corrected chi connectivity index (χ0v) is 28.8. The second-order valence-electron chi connectivity index (χ2n) is 13.4. The van der Waals surface area contributed by atoms with Gasteiger partial charge in [0, 0.05) is 40.7 Å². The van der Waals surface area contributed by atoms with Crippen LogP contribution in [0.4, 0.5) is 5.69 Å². The number of ether oxygens (including phenoxy) is 4.